The fourth-order valence-electron chi connectivity index (χ4n) is 5.07. The van der Waals surface area contributed by atoms with Gasteiger partial charge in [-0.15, -0.1) is 0 Å². The summed E-state index contributed by atoms with van der Waals surface area (Å²) in [4.78, 5) is 11.8. The van der Waals surface area contributed by atoms with Crippen LogP contribution in [0.3, 0.4) is 0 Å². The zero-order valence-corrected chi connectivity index (χ0v) is 19.7. The van der Waals surface area contributed by atoms with Gasteiger partial charge in [0.05, 0.1) is 24.2 Å². The second-order valence-electron chi connectivity index (χ2n) is 8.78. The number of likely N-dealkylation sites (tertiary alicyclic amines) is 1. The van der Waals surface area contributed by atoms with Crippen molar-refractivity contribution in [3.8, 4) is 34.2 Å². The number of fused-ring (bicyclic) bond motifs is 5. The van der Waals surface area contributed by atoms with Gasteiger partial charge in [-0.2, -0.15) is 10.1 Å². The predicted molar refractivity (Wildman–Crippen MR) is 127 cm³/mol. The third kappa shape index (κ3) is 3.39. The number of hydrogen-bond donors (Lipinski definition) is 0. The van der Waals surface area contributed by atoms with Crippen LogP contribution in [0.5, 0.6) is 5.75 Å². The third-order valence-corrected chi connectivity index (χ3v) is 6.72. The Kier molecular flexibility index (Phi) is 4.97. The van der Waals surface area contributed by atoms with Crippen LogP contribution in [-0.2, 0) is 19.9 Å². The van der Waals surface area contributed by atoms with Crippen molar-refractivity contribution >= 4 is 0 Å². The van der Waals surface area contributed by atoms with Gasteiger partial charge in [0.25, 0.3) is 0 Å². The molecule has 6 rings (SSSR count). The average molecular weight is 458 g/mol. The molecule has 2 aliphatic rings. The highest BCUT2D eigenvalue weighted by molar-refractivity contribution is 5.77. The molecule has 34 heavy (non-hydrogen) atoms. The molecule has 9 heteroatoms. The molecule has 0 radical (unpaired) electrons. The minimum absolute atomic E-state index is 0.527. The Hall–Kier alpha value is -3.88. The van der Waals surface area contributed by atoms with Gasteiger partial charge in [-0.05, 0) is 38.0 Å². The van der Waals surface area contributed by atoms with Crippen LogP contribution in [0, 0.1) is 0 Å². The second-order valence-corrected chi connectivity index (χ2v) is 8.78. The maximum Gasteiger partial charge on any atom is 0.228 e. The summed E-state index contributed by atoms with van der Waals surface area (Å²) in [5, 5.41) is 9.03. The van der Waals surface area contributed by atoms with Crippen LogP contribution in [-0.4, -0.2) is 54.6 Å². The Bertz CT molecular complexity index is 1390. The molecule has 0 bridgehead atoms. The summed E-state index contributed by atoms with van der Waals surface area (Å²) >= 11 is 0. The Balaban J connectivity index is 1.35. The van der Waals surface area contributed by atoms with E-state index in [1.165, 1.54) is 12.1 Å². The molecule has 1 aromatic carbocycles. The van der Waals surface area contributed by atoms with Crippen molar-refractivity contribution in [3.63, 3.8) is 0 Å². The van der Waals surface area contributed by atoms with Crippen LogP contribution in [0.2, 0.25) is 0 Å². The lowest BCUT2D eigenvalue weighted by atomic mass is 10.0. The van der Waals surface area contributed by atoms with Crippen LogP contribution < -0.4 is 4.74 Å². The van der Waals surface area contributed by atoms with E-state index in [2.05, 4.69) is 33.8 Å². The summed E-state index contributed by atoms with van der Waals surface area (Å²) in [5.74, 6) is 1.96. The number of hydrogen-bond acceptors (Lipinski definition) is 7. The molecular formula is C25H27N7O2. The Morgan fingerprint density at radius 1 is 1.24 bits per heavy atom. The van der Waals surface area contributed by atoms with Gasteiger partial charge in [0.1, 0.15) is 17.8 Å². The molecule has 2 aliphatic heterocycles. The van der Waals surface area contributed by atoms with Gasteiger partial charge >= 0.3 is 0 Å². The monoisotopic (exact) mass is 457 g/mol. The first kappa shape index (κ1) is 20.7. The molecule has 0 N–H and O–H groups in total. The second kappa shape index (κ2) is 8.16. The van der Waals surface area contributed by atoms with E-state index < -0.39 is 0 Å². The van der Waals surface area contributed by atoms with Gasteiger partial charge in [0.2, 0.25) is 11.7 Å². The highest BCUT2D eigenvalue weighted by Crippen LogP contribution is 2.38. The predicted octanol–water partition coefficient (Wildman–Crippen LogP) is 3.78. The topological polar surface area (TPSA) is 87.0 Å². The number of rotatable bonds is 5. The average Bonchev–Trinajstić information content (AvgIpc) is 3.63. The number of aryl methyl sites for hydroxylation is 1. The number of benzene rings is 1. The Morgan fingerprint density at radius 2 is 2.15 bits per heavy atom. The van der Waals surface area contributed by atoms with Gasteiger partial charge < -0.3 is 18.7 Å². The number of ether oxygens (including phenoxy) is 1. The molecule has 0 saturated carbocycles. The zero-order chi connectivity index (χ0) is 23.2. The summed E-state index contributed by atoms with van der Waals surface area (Å²) in [6.45, 7) is 4.08. The van der Waals surface area contributed by atoms with Gasteiger partial charge in [0.15, 0.2) is 0 Å². The largest absolute Gasteiger partial charge is 0.497 e. The summed E-state index contributed by atoms with van der Waals surface area (Å²) in [6, 6.07) is 6.03. The van der Waals surface area contributed by atoms with Crippen LogP contribution in [0.25, 0.3) is 28.5 Å². The van der Waals surface area contributed by atoms with E-state index in [0.717, 1.165) is 65.6 Å². The van der Waals surface area contributed by atoms with Crippen LogP contribution in [0.1, 0.15) is 36.9 Å². The van der Waals surface area contributed by atoms with E-state index in [0.29, 0.717) is 18.1 Å². The van der Waals surface area contributed by atoms with Crippen molar-refractivity contribution < 1.29 is 9.26 Å². The van der Waals surface area contributed by atoms with Gasteiger partial charge in [-0.25, -0.2) is 4.98 Å². The molecule has 0 atom stereocenters. The molecule has 1 saturated heterocycles. The standard InChI is InChI=1S/C25H27N7O2/c1-4-17-6-5-10-31(17)11-9-22-27-25(29-34-22)24-21-12-16-14-30(2)28-23(16)19-13-18(33-3)7-8-20(19)32(21)15-26-24/h4,7-8,13-15H,5-6,9-12H2,1-3H3/b17-4-. The summed E-state index contributed by atoms with van der Waals surface area (Å²) < 4.78 is 15.1. The molecule has 4 aromatic rings. The molecule has 5 heterocycles. The van der Waals surface area contributed by atoms with Crippen molar-refractivity contribution in [2.24, 2.45) is 7.05 Å². The summed E-state index contributed by atoms with van der Waals surface area (Å²) in [6.07, 6.45) is 9.83. The fourth-order valence-corrected chi connectivity index (χ4v) is 5.07. The van der Waals surface area contributed by atoms with Crippen LogP contribution in [0.4, 0.5) is 0 Å². The number of allylic oxidation sites excluding steroid dienone is 2. The summed E-state index contributed by atoms with van der Waals surface area (Å²) in [5.41, 5.74) is 7.24. The number of methoxy groups -OCH3 is 1. The lowest BCUT2D eigenvalue weighted by molar-refractivity contribution is 0.339. The van der Waals surface area contributed by atoms with E-state index in [4.69, 9.17) is 24.3 Å². The molecule has 0 unspecified atom stereocenters. The first-order valence-electron chi connectivity index (χ1n) is 11.6. The summed E-state index contributed by atoms with van der Waals surface area (Å²) in [7, 11) is 3.62. The minimum Gasteiger partial charge on any atom is -0.497 e. The Morgan fingerprint density at radius 3 is 3.00 bits per heavy atom. The SMILES string of the molecule is C/C=C1/CCCN1CCc1nc(-c2ncn3c2Cc2cn(C)nc2-c2cc(OC)ccc2-3)no1. The lowest BCUT2D eigenvalue weighted by Crippen LogP contribution is -2.20. The first-order valence-corrected chi connectivity index (χ1v) is 11.6. The van der Waals surface area contributed by atoms with Crippen LogP contribution >= 0.6 is 0 Å². The fraction of sp³-hybridized carbons (Fsp3) is 0.360. The molecular weight excluding hydrogens is 430 g/mol. The highest BCUT2D eigenvalue weighted by atomic mass is 16.5. The van der Waals surface area contributed by atoms with Crippen molar-refractivity contribution in [2.75, 3.05) is 20.2 Å². The van der Waals surface area contributed by atoms with E-state index in [1.807, 2.05) is 36.3 Å². The molecule has 0 aliphatic carbocycles. The number of aromatic nitrogens is 6. The van der Waals surface area contributed by atoms with Gasteiger partial charge in [0, 0.05) is 56.0 Å². The van der Waals surface area contributed by atoms with E-state index >= 15 is 0 Å². The zero-order valence-electron chi connectivity index (χ0n) is 19.7. The van der Waals surface area contributed by atoms with Gasteiger partial charge in [-0.3, -0.25) is 4.68 Å². The first-order chi connectivity index (χ1) is 16.6. The molecule has 1 fully saturated rings. The normalized spacial score (nSPS) is 15.9. The molecule has 0 amide bonds. The molecule has 9 nitrogen and oxygen atoms in total. The molecule has 0 spiro atoms. The van der Waals surface area contributed by atoms with E-state index in [1.54, 1.807) is 7.11 Å². The number of imidazole rings is 1. The van der Waals surface area contributed by atoms with E-state index in [9.17, 15) is 0 Å². The van der Waals surface area contributed by atoms with Crippen molar-refractivity contribution in [3.05, 3.63) is 59.6 Å². The van der Waals surface area contributed by atoms with Crippen molar-refractivity contribution in [1.82, 2.24) is 34.4 Å². The third-order valence-electron chi connectivity index (χ3n) is 6.72. The Labute approximate surface area is 197 Å². The maximum atomic E-state index is 5.62. The van der Waals surface area contributed by atoms with E-state index in [-0.39, 0.29) is 0 Å². The molecule has 174 valence electrons. The lowest BCUT2D eigenvalue weighted by Gasteiger charge is -2.18. The maximum absolute atomic E-state index is 5.62. The van der Waals surface area contributed by atoms with Crippen LogP contribution in [0.15, 0.2) is 47.0 Å². The number of nitrogens with zero attached hydrogens (tertiary/aromatic N) is 7. The molecule has 3 aromatic heterocycles. The highest BCUT2D eigenvalue weighted by Gasteiger charge is 2.27. The quantitative estimate of drug-likeness (QED) is 0.397. The van der Waals surface area contributed by atoms with Gasteiger partial charge in [-0.1, -0.05) is 11.2 Å². The smallest absolute Gasteiger partial charge is 0.228 e. The van der Waals surface area contributed by atoms with Crippen molar-refractivity contribution in [1.29, 1.82) is 0 Å². The minimum atomic E-state index is 0.527. The van der Waals surface area contributed by atoms with Crippen molar-refractivity contribution in [2.45, 2.75) is 32.6 Å².